The number of ether oxygens (including phenoxy) is 1. The molecule has 1 aromatic carbocycles. The van der Waals surface area contributed by atoms with Crippen molar-refractivity contribution in [3.8, 4) is 11.5 Å². The van der Waals surface area contributed by atoms with Crippen LogP contribution in [-0.4, -0.2) is 15.8 Å². The molecule has 0 bridgehead atoms. The standard InChI is InChI=1S/C16H22ClN3O/c1-10(2)18-9-13-6-7-14(17)8-15(13)21-16-11(3)19-20(5)12(16)4/h6-8,10,18H,9H2,1-5H3. The van der Waals surface area contributed by atoms with Crippen LogP contribution in [0.4, 0.5) is 0 Å². The summed E-state index contributed by atoms with van der Waals surface area (Å²) in [5.74, 6) is 1.57. The molecule has 0 fully saturated rings. The number of nitrogens with one attached hydrogen (secondary N) is 1. The quantitative estimate of drug-likeness (QED) is 0.908. The number of hydrogen-bond donors (Lipinski definition) is 1. The van der Waals surface area contributed by atoms with Gasteiger partial charge in [0.2, 0.25) is 0 Å². The van der Waals surface area contributed by atoms with E-state index in [0.29, 0.717) is 11.1 Å². The molecule has 1 N–H and O–H groups in total. The number of nitrogens with zero attached hydrogens (tertiary/aromatic N) is 2. The molecule has 0 saturated heterocycles. The number of halogens is 1. The van der Waals surface area contributed by atoms with Crippen molar-refractivity contribution in [1.29, 1.82) is 0 Å². The Labute approximate surface area is 131 Å². The van der Waals surface area contributed by atoms with Gasteiger partial charge in [-0.15, -0.1) is 0 Å². The van der Waals surface area contributed by atoms with Crippen LogP contribution in [0.15, 0.2) is 18.2 Å². The fraction of sp³-hybridized carbons (Fsp3) is 0.438. The van der Waals surface area contributed by atoms with E-state index in [4.69, 9.17) is 16.3 Å². The van der Waals surface area contributed by atoms with Crippen molar-refractivity contribution in [2.45, 2.75) is 40.3 Å². The van der Waals surface area contributed by atoms with Crippen LogP contribution < -0.4 is 10.1 Å². The van der Waals surface area contributed by atoms with E-state index in [1.807, 2.05) is 43.8 Å². The van der Waals surface area contributed by atoms with E-state index in [9.17, 15) is 0 Å². The summed E-state index contributed by atoms with van der Waals surface area (Å²) in [6.07, 6.45) is 0. The van der Waals surface area contributed by atoms with E-state index in [1.165, 1.54) is 0 Å². The SMILES string of the molecule is Cc1nn(C)c(C)c1Oc1cc(Cl)ccc1CNC(C)C. The highest BCUT2D eigenvalue weighted by atomic mass is 35.5. The van der Waals surface area contributed by atoms with Crippen molar-refractivity contribution in [1.82, 2.24) is 15.1 Å². The second-order valence-corrected chi connectivity index (χ2v) is 5.95. The summed E-state index contributed by atoms with van der Waals surface area (Å²) in [4.78, 5) is 0. The second-order valence-electron chi connectivity index (χ2n) is 5.51. The largest absolute Gasteiger partial charge is 0.453 e. The van der Waals surface area contributed by atoms with E-state index >= 15 is 0 Å². The maximum absolute atomic E-state index is 6.11. The fourth-order valence-corrected chi connectivity index (χ4v) is 2.26. The zero-order valence-corrected chi connectivity index (χ0v) is 14.0. The van der Waals surface area contributed by atoms with Gasteiger partial charge in [0.15, 0.2) is 5.75 Å². The summed E-state index contributed by atoms with van der Waals surface area (Å²) < 4.78 is 7.92. The zero-order chi connectivity index (χ0) is 15.6. The monoisotopic (exact) mass is 307 g/mol. The molecule has 4 nitrogen and oxygen atoms in total. The lowest BCUT2D eigenvalue weighted by atomic mass is 10.2. The van der Waals surface area contributed by atoms with Crippen LogP contribution in [0.25, 0.3) is 0 Å². The molecule has 5 heteroatoms. The van der Waals surface area contributed by atoms with Gasteiger partial charge in [-0.1, -0.05) is 31.5 Å². The topological polar surface area (TPSA) is 39.1 Å². The lowest BCUT2D eigenvalue weighted by Gasteiger charge is -2.14. The summed E-state index contributed by atoms with van der Waals surface area (Å²) in [5, 5.41) is 8.44. The van der Waals surface area contributed by atoms with Gasteiger partial charge in [-0.2, -0.15) is 5.10 Å². The summed E-state index contributed by atoms with van der Waals surface area (Å²) in [6, 6.07) is 6.14. The summed E-state index contributed by atoms with van der Waals surface area (Å²) in [5.41, 5.74) is 2.95. The highest BCUT2D eigenvalue weighted by Gasteiger charge is 2.14. The molecule has 0 atom stereocenters. The van der Waals surface area contributed by atoms with Gasteiger partial charge in [-0.05, 0) is 26.0 Å². The molecule has 1 aromatic heterocycles. The van der Waals surface area contributed by atoms with Gasteiger partial charge in [0, 0.05) is 30.2 Å². The van der Waals surface area contributed by atoms with Crippen molar-refractivity contribution in [2.75, 3.05) is 0 Å². The molecule has 0 saturated carbocycles. The van der Waals surface area contributed by atoms with Gasteiger partial charge in [0.05, 0.1) is 5.69 Å². The number of aryl methyl sites for hydroxylation is 2. The molecule has 0 aliphatic rings. The van der Waals surface area contributed by atoms with Crippen LogP contribution in [-0.2, 0) is 13.6 Å². The number of hydrogen-bond acceptors (Lipinski definition) is 3. The van der Waals surface area contributed by atoms with E-state index in [0.717, 1.165) is 35.0 Å². The molecule has 0 aliphatic carbocycles. The summed E-state index contributed by atoms with van der Waals surface area (Å²) in [7, 11) is 1.91. The molecule has 0 aliphatic heterocycles. The zero-order valence-electron chi connectivity index (χ0n) is 13.2. The van der Waals surface area contributed by atoms with E-state index in [2.05, 4.69) is 24.3 Å². The Morgan fingerprint density at radius 1 is 1.33 bits per heavy atom. The first-order chi connectivity index (χ1) is 9.88. The van der Waals surface area contributed by atoms with Crippen LogP contribution in [0.1, 0.15) is 30.8 Å². The van der Waals surface area contributed by atoms with Gasteiger partial charge < -0.3 is 10.1 Å². The third-order valence-electron chi connectivity index (χ3n) is 3.38. The predicted molar refractivity (Wildman–Crippen MR) is 86.2 cm³/mol. The predicted octanol–water partition coefficient (Wildman–Crippen LogP) is 3.98. The summed E-state index contributed by atoms with van der Waals surface area (Å²) in [6.45, 7) is 8.91. The average Bonchev–Trinajstić information content (AvgIpc) is 2.64. The smallest absolute Gasteiger partial charge is 0.171 e. The first-order valence-corrected chi connectivity index (χ1v) is 7.46. The molecule has 0 amide bonds. The van der Waals surface area contributed by atoms with E-state index in [-0.39, 0.29) is 0 Å². The maximum atomic E-state index is 6.11. The lowest BCUT2D eigenvalue weighted by molar-refractivity contribution is 0.462. The Morgan fingerprint density at radius 3 is 2.62 bits per heavy atom. The van der Waals surface area contributed by atoms with Gasteiger partial charge in [0.1, 0.15) is 11.4 Å². The first-order valence-electron chi connectivity index (χ1n) is 7.08. The van der Waals surface area contributed by atoms with Crippen molar-refractivity contribution in [3.63, 3.8) is 0 Å². The van der Waals surface area contributed by atoms with Crippen LogP contribution >= 0.6 is 11.6 Å². The first kappa shape index (κ1) is 15.9. The fourth-order valence-electron chi connectivity index (χ4n) is 2.10. The lowest BCUT2D eigenvalue weighted by Crippen LogP contribution is -2.22. The average molecular weight is 308 g/mol. The van der Waals surface area contributed by atoms with Crippen molar-refractivity contribution >= 4 is 11.6 Å². The molecule has 2 aromatic rings. The van der Waals surface area contributed by atoms with Gasteiger partial charge in [0.25, 0.3) is 0 Å². The highest BCUT2D eigenvalue weighted by Crippen LogP contribution is 2.32. The van der Waals surface area contributed by atoms with Gasteiger partial charge >= 0.3 is 0 Å². The van der Waals surface area contributed by atoms with Crippen LogP contribution in [0.3, 0.4) is 0 Å². The Bertz CT molecular complexity index is 635. The molecule has 1 heterocycles. The van der Waals surface area contributed by atoms with Crippen LogP contribution in [0, 0.1) is 13.8 Å². The van der Waals surface area contributed by atoms with E-state index < -0.39 is 0 Å². The number of rotatable bonds is 5. The third kappa shape index (κ3) is 3.77. The van der Waals surface area contributed by atoms with Crippen molar-refractivity contribution in [3.05, 3.63) is 40.2 Å². The third-order valence-corrected chi connectivity index (χ3v) is 3.62. The highest BCUT2D eigenvalue weighted by molar-refractivity contribution is 6.30. The molecule has 2 rings (SSSR count). The Balaban J connectivity index is 2.31. The Hall–Kier alpha value is -1.52. The molecular formula is C16H22ClN3O. The summed E-state index contributed by atoms with van der Waals surface area (Å²) >= 11 is 6.11. The molecule has 0 spiro atoms. The molecule has 21 heavy (non-hydrogen) atoms. The minimum absolute atomic E-state index is 0.412. The number of benzene rings is 1. The van der Waals surface area contributed by atoms with Crippen molar-refractivity contribution < 1.29 is 4.74 Å². The molecule has 0 radical (unpaired) electrons. The molecule has 0 unspecified atom stereocenters. The number of aromatic nitrogens is 2. The molecule has 114 valence electrons. The van der Waals surface area contributed by atoms with Crippen LogP contribution in [0.2, 0.25) is 5.02 Å². The maximum Gasteiger partial charge on any atom is 0.171 e. The van der Waals surface area contributed by atoms with Gasteiger partial charge in [-0.3, -0.25) is 4.68 Å². The minimum Gasteiger partial charge on any atom is -0.453 e. The Kier molecular flexibility index (Phi) is 4.91. The van der Waals surface area contributed by atoms with Crippen molar-refractivity contribution in [2.24, 2.45) is 7.05 Å². The second kappa shape index (κ2) is 6.50. The molecular weight excluding hydrogens is 286 g/mol. The van der Waals surface area contributed by atoms with Crippen LogP contribution in [0.5, 0.6) is 11.5 Å². The van der Waals surface area contributed by atoms with Gasteiger partial charge in [-0.25, -0.2) is 0 Å². The van der Waals surface area contributed by atoms with E-state index in [1.54, 1.807) is 0 Å². The minimum atomic E-state index is 0.412. The Morgan fingerprint density at radius 2 is 2.05 bits per heavy atom. The normalized spacial score (nSPS) is 11.2.